The van der Waals surface area contributed by atoms with Crippen LogP contribution in [-0.4, -0.2) is 50.8 Å². The lowest BCUT2D eigenvalue weighted by atomic mass is 9.83. The van der Waals surface area contributed by atoms with E-state index < -0.39 is 5.60 Å². The molecule has 0 saturated carbocycles. The van der Waals surface area contributed by atoms with Gasteiger partial charge in [0.15, 0.2) is 0 Å². The number of likely N-dealkylation sites (tertiary alicyclic amines) is 1. The fraction of sp³-hybridized carbons (Fsp3) is 0.440. The van der Waals surface area contributed by atoms with Gasteiger partial charge < -0.3 is 23.7 Å². The highest BCUT2D eigenvalue weighted by atomic mass is 16.5. The largest absolute Gasteiger partial charge is 0.461 e. The molecule has 1 amide bonds. The zero-order valence-corrected chi connectivity index (χ0v) is 18.4. The molecule has 3 aromatic rings. The highest BCUT2D eigenvalue weighted by molar-refractivity contribution is 5.76. The third-order valence-electron chi connectivity index (χ3n) is 6.80. The summed E-state index contributed by atoms with van der Waals surface area (Å²) in [7, 11) is 1.88. The second-order valence-corrected chi connectivity index (χ2v) is 9.05. The van der Waals surface area contributed by atoms with Crippen molar-refractivity contribution < 1.29 is 19.1 Å². The van der Waals surface area contributed by atoms with Crippen molar-refractivity contribution in [1.82, 2.24) is 14.5 Å². The summed E-state index contributed by atoms with van der Waals surface area (Å²) in [6.45, 7) is 1.53. The van der Waals surface area contributed by atoms with Crippen molar-refractivity contribution in [2.24, 2.45) is 7.05 Å². The summed E-state index contributed by atoms with van der Waals surface area (Å²) in [6, 6.07) is 13.9. The third kappa shape index (κ3) is 3.98. The number of carbonyl (C=O) groups excluding carboxylic acids is 1. The Hall–Kier alpha value is -2.90. The number of aliphatic hydroxyl groups is 1. The fourth-order valence-electron chi connectivity index (χ4n) is 5.01. The molecule has 168 valence electrons. The smallest absolute Gasteiger partial charge is 0.223 e. The van der Waals surface area contributed by atoms with E-state index in [0.29, 0.717) is 38.2 Å². The SMILES string of the molecule is Cn1ccnc1[C@@]1(O)COC2(CCN(C(=O)CCc3ccc(-c4ccccc4)o3)CC2)C1. The lowest BCUT2D eigenvalue weighted by Crippen LogP contribution is -2.47. The Morgan fingerprint density at radius 3 is 2.66 bits per heavy atom. The number of imidazole rings is 1. The van der Waals surface area contributed by atoms with Crippen LogP contribution in [0, 0.1) is 0 Å². The van der Waals surface area contributed by atoms with Crippen molar-refractivity contribution in [3.8, 4) is 11.3 Å². The van der Waals surface area contributed by atoms with Gasteiger partial charge in [-0.15, -0.1) is 0 Å². The highest BCUT2D eigenvalue weighted by Gasteiger charge is 2.52. The molecule has 2 saturated heterocycles. The van der Waals surface area contributed by atoms with Crippen LogP contribution in [0.15, 0.2) is 59.3 Å². The third-order valence-corrected chi connectivity index (χ3v) is 6.80. The Bertz CT molecular complexity index is 1080. The maximum Gasteiger partial charge on any atom is 0.223 e. The van der Waals surface area contributed by atoms with Crippen LogP contribution in [0.3, 0.4) is 0 Å². The molecule has 1 spiro atoms. The monoisotopic (exact) mass is 435 g/mol. The molecule has 7 heteroatoms. The standard InChI is InChI=1S/C25H29N3O4/c1-27-16-13-26-23(27)25(30)17-24(31-18-25)11-14-28(15-12-24)22(29)10-8-20-7-9-21(32-20)19-5-3-2-4-6-19/h2-7,9,13,16,30H,8,10-12,14-15,17-18H2,1H3/t25-/m0/s1. The van der Waals surface area contributed by atoms with Crippen molar-refractivity contribution in [3.05, 3.63) is 66.4 Å². The summed E-state index contributed by atoms with van der Waals surface area (Å²) < 4.78 is 13.9. The number of carbonyl (C=O) groups is 1. The lowest BCUT2D eigenvalue weighted by Gasteiger charge is -2.39. The van der Waals surface area contributed by atoms with E-state index in [1.807, 2.05) is 65.2 Å². The first kappa shape index (κ1) is 21.0. The average molecular weight is 436 g/mol. The summed E-state index contributed by atoms with van der Waals surface area (Å²) in [6.07, 6.45) is 6.51. The molecule has 5 rings (SSSR count). The molecular weight excluding hydrogens is 406 g/mol. The number of furan rings is 1. The molecule has 7 nitrogen and oxygen atoms in total. The van der Waals surface area contributed by atoms with Gasteiger partial charge in [-0.05, 0) is 25.0 Å². The summed E-state index contributed by atoms with van der Waals surface area (Å²) in [5.74, 6) is 2.42. The molecule has 0 radical (unpaired) electrons. The number of amides is 1. The summed E-state index contributed by atoms with van der Waals surface area (Å²) in [5, 5.41) is 11.1. The summed E-state index contributed by atoms with van der Waals surface area (Å²) >= 11 is 0. The van der Waals surface area contributed by atoms with Gasteiger partial charge in [0.2, 0.25) is 5.91 Å². The molecule has 1 N–H and O–H groups in total. The van der Waals surface area contributed by atoms with Gasteiger partial charge >= 0.3 is 0 Å². The second-order valence-electron chi connectivity index (χ2n) is 9.05. The molecule has 2 fully saturated rings. The van der Waals surface area contributed by atoms with Gasteiger partial charge in [-0.1, -0.05) is 30.3 Å². The number of ether oxygens (including phenoxy) is 1. The Labute approximate surface area is 187 Å². The van der Waals surface area contributed by atoms with Crippen LogP contribution in [0.4, 0.5) is 0 Å². The van der Waals surface area contributed by atoms with Crippen LogP contribution in [0.25, 0.3) is 11.3 Å². The normalized spacial score (nSPS) is 22.5. The summed E-state index contributed by atoms with van der Waals surface area (Å²) in [5.41, 5.74) is -0.419. The van der Waals surface area contributed by atoms with E-state index in [4.69, 9.17) is 9.15 Å². The first-order valence-corrected chi connectivity index (χ1v) is 11.2. The van der Waals surface area contributed by atoms with Crippen LogP contribution in [0.2, 0.25) is 0 Å². The van der Waals surface area contributed by atoms with Crippen LogP contribution in [0.1, 0.15) is 37.3 Å². The molecule has 2 aliphatic rings. The van der Waals surface area contributed by atoms with Crippen molar-refractivity contribution in [1.29, 1.82) is 0 Å². The quantitative estimate of drug-likeness (QED) is 0.665. The van der Waals surface area contributed by atoms with Gasteiger partial charge in [0.05, 0.1) is 12.2 Å². The zero-order valence-electron chi connectivity index (χ0n) is 18.4. The molecule has 0 aliphatic carbocycles. The maximum atomic E-state index is 12.8. The van der Waals surface area contributed by atoms with E-state index in [1.54, 1.807) is 6.20 Å². The highest BCUT2D eigenvalue weighted by Crippen LogP contribution is 2.44. The number of hydrogen-bond acceptors (Lipinski definition) is 5. The molecule has 32 heavy (non-hydrogen) atoms. The van der Waals surface area contributed by atoms with E-state index >= 15 is 0 Å². The van der Waals surface area contributed by atoms with Crippen LogP contribution in [0.5, 0.6) is 0 Å². The van der Waals surface area contributed by atoms with Gasteiger partial charge in [0.25, 0.3) is 0 Å². The van der Waals surface area contributed by atoms with Crippen molar-refractivity contribution in [3.63, 3.8) is 0 Å². The van der Waals surface area contributed by atoms with E-state index in [0.717, 1.165) is 29.9 Å². The van der Waals surface area contributed by atoms with Gasteiger partial charge in [0, 0.05) is 57.4 Å². The van der Waals surface area contributed by atoms with Gasteiger partial charge in [-0.25, -0.2) is 4.98 Å². The number of piperidine rings is 1. The molecule has 0 unspecified atom stereocenters. The van der Waals surface area contributed by atoms with Crippen molar-refractivity contribution in [2.75, 3.05) is 19.7 Å². The van der Waals surface area contributed by atoms with E-state index in [2.05, 4.69) is 4.98 Å². The minimum atomic E-state index is -1.07. The van der Waals surface area contributed by atoms with Gasteiger partial charge in [0.1, 0.15) is 22.9 Å². The fourth-order valence-corrected chi connectivity index (χ4v) is 5.01. The molecule has 2 aliphatic heterocycles. The number of rotatable bonds is 5. The Balaban J connectivity index is 1.14. The number of nitrogens with zero attached hydrogens (tertiary/aromatic N) is 3. The van der Waals surface area contributed by atoms with Gasteiger partial charge in [-0.3, -0.25) is 4.79 Å². The first-order chi connectivity index (χ1) is 15.5. The topological polar surface area (TPSA) is 80.7 Å². The predicted molar refractivity (Wildman–Crippen MR) is 119 cm³/mol. The molecule has 2 aromatic heterocycles. The molecule has 1 atom stereocenters. The van der Waals surface area contributed by atoms with E-state index in [9.17, 15) is 9.90 Å². The Morgan fingerprint density at radius 1 is 1.16 bits per heavy atom. The Morgan fingerprint density at radius 2 is 1.94 bits per heavy atom. The molecule has 4 heterocycles. The Kier molecular flexibility index (Phi) is 5.39. The maximum absolute atomic E-state index is 12.8. The van der Waals surface area contributed by atoms with Crippen LogP contribution < -0.4 is 0 Å². The number of aromatic nitrogens is 2. The number of aryl methyl sites for hydroxylation is 2. The van der Waals surface area contributed by atoms with Crippen molar-refractivity contribution >= 4 is 5.91 Å². The molecule has 0 bridgehead atoms. The van der Waals surface area contributed by atoms with E-state index in [-0.39, 0.29) is 18.1 Å². The minimum absolute atomic E-state index is 0.134. The lowest BCUT2D eigenvalue weighted by molar-refractivity contribution is -0.136. The van der Waals surface area contributed by atoms with Crippen molar-refractivity contribution in [2.45, 2.75) is 43.3 Å². The predicted octanol–water partition coefficient (Wildman–Crippen LogP) is 3.28. The average Bonchev–Trinajstić information content (AvgIpc) is 3.53. The first-order valence-electron chi connectivity index (χ1n) is 11.2. The number of benzene rings is 1. The minimum Gasteiger partial charge on any atom is -0.461 e. The van der Waals surface area contributed by atoms with E-state index in [1.165, 1.54) is 0 Å². The summed E-state index contributed by atoms with van der Waals surface area (Å²) in [4.78, 5) is 19.0. The number of hydrogen-bond donors (Lipinski definition) is 1. The molecule has 1 aromatic carbocycles. The molecular formula is C25H29N3O4. The zero-order chi connectivity index (χ0) is 22.2. The van der Waals surface area contributed by atoms with Crippen LogP contribution >= 0.6 is 0 Å². The second kappa shape index (κ2) is 8.22. The van der Waals surface area contributed by atoms with Crippen LogP contribution in [-0.2, 0) is 28.6 Å². The van der Waals surface area contributed by atoms with Gasteiger partial charge in [-0.2, -0.15) is 0 Å².